The maximum Gasteiger partial charge on any atom is 0.292 e. The van der Waals surface area contributed by atoms with Gasteiger partial charge >= 0.3 is 0 Å². The molecule has 1 aliphatic rings. The Bertz CT molecular complexity index is 1060. The quantitative estimate of drug-likeness (QED) is 0.479. The number of para-hydroxylation sites is 2. The molecule has 0 aliphatic carbocycles. The third-order valence-corrected chi connectivity index (χ3v) is 6.66. The fraction of sp³-hybridized carbons (Fsp3) is 0.318. The molecule has 1 amide bonds. The molecule has 8 heteroatoms. The average Bonchev–Trinajstić information content (AvgIpc) is 3.17. The highest BCUT2D eigenvalue weighted by Crippen LogP contribution is 2.27. The van der Waals surface area contributed by atoms with Crippen molar-refractivity contribution in [2.75, 3.05) is 31.5 Å². The number of nitrogens with one attached hydrogen (secondary N) is 1. The maximum absolute atomic E-state index is 12.7. The Kier molecular flexibility index (Phi) is 6.08. The second kappa shape index (κ2) is 8.91. The molecule has 156 valence electrons. The summed E-state index contributed by atoms with van der Waals surface area (Å²) in [7, 11) is 0. The Morgan fingerprint density at radius 3 is 2.60 bits per heavy atom. The Morgan fingerprint density at radius 1 is 1.13 bits per heavy atom. The lowest BCUT2D eigenvalue weighted by Crippen LogP contribution is -2.52. The van der Waals surface area contributed by atoms with Gasteiger partial charge in [0.25, 0.3) is 5.69 Å². The van der Waals surface area contributed by atoms with Gasteiger partial charge in [-0.1, -0.05) is 30.3 Å². The minimum Gasteiger partial charge on any atom is -0.319 e. The van der Waals surface area contributed by atoms with E-state index >= 15 is 0 Å². The van der Waals surface area contributed by atoms with Gasteiger partial charge in [-0.05, 0) is 35.4 Å². The monoisotopic (exact) mass is 424 g/mol. The highest BCUT2D eigenvalue weighted by atomic mass is 32.1. The molecule has 2 aromatic carbocycles. The molecule has 1 saturated heterocycles. The summed E-state index contributed by atoms with van der Waals surface area (Å²) in [6, 6.07) is 14.3. The number of benzene rings is 2. The van der Waals surface area contributed by atoms with Crippen molar-refractivity contribution in [1.29, 1.82) is 0 Å². The number of rotatable bonds is 6. The second-order valence-corrected chi connectivity index (χ2v) is 8.42. The highest BCUT2D eigenvalue weighted by Gasteiger charge is 2.27. The Hall–Kier alpha value is -2.81. The van der Waals surface area contributed by atoms with Crippen LogP contribution in [0, 0.1) is 10.1 Å². The van der Waals surface area contributed by atoms with Crippen molar-refractivity contribution in [3.05, 3.63) is 69.6 Å². The second-order valence-electron chi connectivity index (χ2n) is 7.51. The van der Waals surface area contributed by atoms with E-state index in [0.717, 1.165) is 32.7 Å². The predicted molar refractivity (Wildman–Crippen MR) is 120 cm³/mol. The molecular formula is C22H24N4O3S. The van der Waals surface area contributed by atoms with Crippen molar-refractivity contribution < 1.29 is 9.72 Å². The van der Waals surface area contributed by atoms with Crippen LogP contribution in [0.1, 0.15) is 12.5 Å². The first-order valence-corrected chi connectivity index (χ1v) is 10.9. The van der Waals surface area contributed by atoms with Crippen LogP contribution in [0.3, 0.4) is 0 Å². The SMILES string of the molecule is C[C@@H](C(=O)Nc1ccccc1[N+](=O)[O-])N1CCN(Cc2csc3ccccc23)CC1. The van der Waals surface area contributed by atoms with Crippen LogP contribution < -0.4 is 5.32 Å². The first kappa shape index (κ1) is 20.5. The van der Waals surface area contributed by atoms with Crippen molar-refractivity contribution in [1.82, 2.24) is 9.80 Å². The van der Waals surface area contributed by atoms with Gasteiger partial charge in [0.2, 0.25) is 5.91 Å². The van der Waals surface area contributed by atoms with Gasteiger partial charge in [0.15, 0.2) is 0 Å². The molecule has 1 aliphatic heterocycles. The molecule has 0 saturated carbocycles. The number of piperazine rings is 1. The van der Waals surface area contributed by atoms with Gasteiger partial charge in [0.05, 0.1) is 11.0 Å². The third kappa shape index (κ3) is 4.35. The van der Waals surface area contributed by atoms with Crippen LogP contribution in [0.15, 0.2) is 53.9 Å². The number of carbonyl (C=O) groups is 1. The molecule has 0 spiro atoms. The molecule has 1 N–H and O–H groups in total. The van der Waals surface area contributed by atoms with Crippen molar-refractivity contribution >= 4 is 38.7 Å². The van der Waals surface area contributed by atoms with Crippen molar-refractivity contribution in [2.24, 2.45) is 0 Å². The minimum absolute atomic E-state index is 0.0918. The number of fused-ring (bicyclic) bond motifs is 1. The number of thiophene rings is 1. The molecule has 3 aromatic rings. The van der Waals surface area contributed by atoms with E-state index in [0.29, 0.717) is 0 Å². The summed E-state index contributed by atoms with van der Waals surface area (Å²) in [5.74, 6) is -0.221. The first-order chi connectivity index (χ1) is 14.5. The van der Waals surface area contributed by atoms with Crippen LogP contribution in [-0.4, -0.2) is 52.9 Å². The summed E-state index contributed by atoms with van der Waals surface area (Å²) < 4.78 is 1.31. The van der Waals surface area contributed by atoms with E-state index in [4.69, 9.17) is 0 Å². The number of hydrogen-bond donors (Lipinski definition) is 1. The zero-order valence-corrected chi connectivity index (χ0v) is 17.6. The first-order valence-electron chi connectivity index (χ1n) is 9.98. The number of nitro groups is 1. The van der Waals surface area contributed by atoms with Gasteiger partial charge in [-0.15, -0.1) is 11.3 Å². The summed E-state index contributed by atoms with van der Waals surface area (Å²) in [5.41, 5.74) is 1.50. The van der Waals surface area contributed by atoms with E-state index in [1.807, 2.05) is 6.92 Å². The summed E-state index contributed by atoms with van der Waals surface area (Å²) in [6.45, 7) is 6.10. The van der Waals surface area contributed by atoms with Crippen molar-refractivity contribution in [3.63, 3.8) is 0 Å². The van der Waals surface area contributed by atoms with Gasteiger partial charge in [-0.25, -0.2) is 0 Å². The maximum atomic E-state index is 12.7. The number of hydrogen-bond acceptors (Lipinski definition) is 6. The van der Waals surface area contributed by atoms with Gasteiger partial charge in [-0.2, -0.15) is 0 Å². The molecular weight excluding hydrogens is 400 g/mol. The van der Waals surface area contributed by atoms with Gasteiger partial charge in [0, 0.05) is 43.5 Å². The third-order valence-electron chi connectivity index (χ3n) is 5.65. The molecule has 2 heterocycles. The van der Waals surface area contributed by atoms with Gasteiger partial charge in [0.1, 0.15) is 5.69 Å². The van der Waals surface area contributed by atoms with Crippen LogP contribution >= 0.6 is 11.3 Å². The standard InChI is InChI=1S/C22H24N4O3S/c1-16(22(27)23-19-7-3-4-8-20(19)26(28)29)25-12-10-24(11-13-25)14-17-15-30-21-9-5-2-6-18(17)21/h2-9,15-16H,10-14H2,1H3,(H,23,27)/t16-/m0/s1. The number of amides is 1. The Morgan fingerprint density at radius 2 is 1.83 bits per heavy atom. The van der Waals surface area contributed by atoms with Crippen LogP contribution in [0.25, 0.3) is 10.1 Å². The lowest BCUT2D eigenvalue weighted by Gasteiger charge is -2.37. The fourth-order valence-electron chi connectivity index (χ4n) is 3.85. The summed E-state index contributed by atoms with van der Waals surface area (Å²) in [5, 5.41) is 17.4. The van der Waals surface area contributed by atoms with Gasteiger partial charge in [-0.3, -0.25) is 24.7 Å². The molecule has 30 heavy (non-hydrogen) atoms. The van der Waals surface area contributed by atoms with Gasteiger partial charge < -0.3 is 5.32 Å². The molecule has 4 rings (SSSR count). The van der Waals surface area contributed by atoms with Crippen LogP contribution in [0.4, 0.5) is 11.4 Å². The normalized spacial score (nSPS) is 16.4. The lowest BCUT2D eigenvalue weighted by atomic mass is 10.1. The minimum atomic E-state index is -0.479. The van der Waals surface area contributed by atoms with E-state index < -0.39 is 4.92 Å². The highest BCUT2D eigenvalue weighted by molar-refractivity contribution is 7.17. The number of nitrogens with zero attached hydrogens (tertiary/aromatic N) is 3. The molecule has 0 unspecified atom stereocenters. The van der Waals surface area contributed by atoms with Crippen LogP contribution in [0.2, 0.25) is 0 Å². The number of anilines is 1. The zero-order chi connectivity index (χ0) is 21.1. The largest absolute Gasteiger partial charge is 0.319 e. The van der Waals surface area contributed by atoms with E-state index in [1.54, 1.807) is 29.5 Å². The lowest BCUT2D eigenvalue weighted by molar-refractivity contribution is -0.383. The number of nitro benzene ring substituents is 1. The van der Waals surface area contributed by atoms with E-state index in [1.165, 1.54) is 21.7 Å². The molecule has 1 atom stereocenters. The predicted octanol–water partition coefficient (Wildman–Crippen LogP) is 3.95. The van der Waals surface area contributed by atoms with Crippen molar-refractivity contribution in [2.45, 2.75) is 19.5 Å². The Labute approximate surface area is 179 Å². The summed E-state index contributed by atoms with van der Waals surface area (Å²) in [6.07, 6.45) is 0. The van der Waals surface area contributed by atoms with Crippen LogP contribution in [0.5, 0.6) is 0 Å². The smallest absolute Gasteiger partial charge is 0.292 e. The van der Waals surface area contributed by atoms with Crippen LogP contribution in [-0.2, 0) is 11.3 Å². The van der Waals surface area contributed by atoms with E-state index in [-0.39, 0.29) is 23.3 Å². The fourth-order valence-corrected chi connectivity index (χ4v) is 4.80. The molecule has 0 radical (unpaired) electrons. The molecule has 1 fully saturated rings. The molecule has 1 aromatic heterocycles. The molecule has 0 bridgehead atoms. The average molecular weight is 425 g/mol. The zero-order valence-electron chi connectivity index (χ0n) is 16.8. The topological polar surface area (TPSA) is 78.7 Å². The van der Waals surface area contributed by atoms with E-state index in [2.05, 4.69) is 44.8 Å². The summed E-state index contributed by atoms with van der Waals surface area (Å²) >= 11 is 1.78. The summed E-state index contributed by atoms with van der Waals surface area (Å²) in [4.78, 5) is 27.9. The Balaban J connectivity index is 1.33. The number of carbonyl (C=O) groups excluding carboxylic acids is 1. The van der Waals surface area contributed by atoms with Crippen molar-refractivity contribution in [3.8, 4) is 0 Å². The molecule has 7 nitrogen and oxygen atoms in total. The van der Waals surface area contributed by atoms with E-state index in [9.17, 15) is 14.9 Å².